The summed E-state index contributed by atoms with van der Waals surface area (Å²) in [6.07, 6.45) is 32.2. The molecule has 0 saturated carbocycles. The van der Waals surface area contributed by atoms with Crippen LogP contribution in [0.15, 0.2) is 36.5 Å². The van der Waals surface area contributed by atoms with E-state index >= 15 is 0 Å². The molecule has 1 aliphatic rings. The number of aliphatic hydroxyl groups excluding tert-OH is 6. The first-order valence-corrected chi connectivity index (χ1v) is 22.3. The number of carbonyl (C=O) groups is 1. The Bertz CT molecular complexity index is 974. The van der Waals surface area contributed by atoms with E-state index in [2.05, 4.69) is 43.5 Å². The zero-order chi connectivity index (χ0) is 40.4. The molecule has 322 valence electrons. The molecular weight excluding hydrogens is 698 g/mol. The summed E-state index contributed by atoms with van der Waals surface area (Å²) in [5, 5.41) is 64.6. The van der Waals surface area contributed by atoms with Crippen molar-refractivity contribution in [2.24, 2.45) is 0 Å². The van der Waals surface area contributed by atoms with Crippen LogP contribution in [0.1, 0.15) is 181 Å². The summed E-state index contributed by atoms with van der Waals surface area (Å²) in [4.78, 5) is 13.0. The highest BCUT2D eigenvalue weighted by molar-refractivity contribution is 5.80. The van der Waals surface area contributed by atoms with Gasteiger partial charge in [0.1, 0.15) is 30.5 Å². The Morgan fingerprint density at radius 3 is 1.62 bits per heavy atom. The average molecular weight is 782 g/mol. The lowest BCUT2D eigenvalue weighted by Gasteiger charge is -2.40. The summed E-state index contributed by atoms with van der Waals surface area (Å²) >= 11 is 0. The second kappa shape index (κ2) is 35.5. The third-order valence-electron chi connectivity index (χ3n) is 10.6. The Labute approximate surface area is 334 Å². The molecule has 0 aromatic heterocycles. The van der Waals surface area contributed by atoms with E-state index in [1.165, 1.54) is 96.3 Å². The van der Waals surface area contributed by atoms with Gasteiger partial charge in [-0.1, -0.05) is 172 Å². The lowest BCUT2D eigenvalue weighted by Crippen LogP contribution is -2.60. The van der Waals surface area contributed by atoms with Crippen LogP contribution in [0.2, 0.25) is 0 Å². The molecule has 0 spiro atoms. The Hall–Kier alpha value is -1.63. The Morgan fingerprint density at radius 1 is 0.636 bits per heavy atom. The van der Waals surface area contributed by atoms with Crippen molar-refractivity contribution < 1.29 is 44.9 Å². The fraction of sp³-hybridized carbons (Fsp3) is 0.844. The van der Waals surface area contributed by atoms with Gasteiger partial charge in [-0.15, -0.1) is 0 Å². The number of rotatable bonds is 36. The molecule has 0 radical (unpaired) electrons. The minimum Gasteiger partial charge on any atom is -0.394 e. The van der Waals surface area contributed by atoms with Crippen LogP contribution in [0.3, 0.4) is 0 Å². The molecular formula is C45H83NO9. The van der Waals surface area contributed by atoms with Crippen molar-refractivity contribution in [3.63, 3.8) is 0 Å². The Morgan fingerprint density at radius 2 is 1.09 bits per heavy atom. The van der Waals surface area contributed by atoms with E-state index in [1.54, 1.807) is 6.08 Å². The largest absolute Gasteiger partial charge is 0.394 e. The number of hydrogen-bond acceptors (Lipinski definition) is 9. The third kappa shape index (κ3) is 26.1. The van der Waals surface area contributed by atoms with Crippen LogP contribution < -0.4 is 5.32 Å². The van der Waals surface area contributed by atoms with Gasteiger partial charge in [0.05, 0.1) is 25.4 Å². The predicted molar refractivity (Wildman–Crippen MR) is 222 cm³/mol. The number of aliphatic hydroxyl groups is 6. The first kappa shape index (κ1) is 51.4. The molecule has 1 heterocycles. The number of carbonyl (C=O) groups excluding carboxylic acids is 1. The number of unbranched alkanes of at least 4 members (excludes halogenated alkanes) is 22. The van der Waals surface area contributed by atoms with Crippen LogP contribution in [-0.4, -0.2) is 98.7 Å². The van der Waals surface area contributed by atoms with Crippen molar-refractivity contribution in [2.75, 3.05) is 13.2 Å². The van der Waals surface area contributed by atoms with Crippen LogP contribution in [-0.2, 0) is 14.3 Å². The van der Waals surface area contributed by atoms with Crippen molar-refractivity contribution >= 4 is 5.91 Å². The first-order valence-electron chi connectivity index (χ1n) is 22.3. The zero-order valence-corrected chi connectivity index (χ0v) is 34.8. The van der Waals surface area contributed by atoms with Crippen LogP contribution in [0.5, 0.6) is 0 Å². The lowest BCUT2D eigenvalue weighted by molar-refractivity contribution is -0.302. The highest BCUT2D eigenvalue weighted by Crippen LogP contribution is 2.22. The molecule has 8 unspecified atom stereocenters. The number of nitrogens with one attached hydrogen (secondary N) is 1. The number of amides is 1. The van der Waals surface area contributed by atoms with Gasteiger partial charge in [0.25, 0.3) is 0 Å². The molecule has 55 heavy (non-hydrogen) atoms. The molecule has 10 nitrogen and oxygen atoms in total. The fourth-order valence-corrected chi connectivity index (χ4v) is 6.86. The van der Waals surface area contributed by atoms with E-state index in [4.69, 9.17) is 9.47 Å². The molecule has 10 heteroatoms. The van der Waals surface area contributed by atoms with E-state index in [0.29, 0.717) is 12.8 Å². The summed E-state index contributed by atoms with van der Waals surface area (Å²) in [5.74, 6) is -0.630. The van der Waals surface area contributed by atoms with Crippen molar-refractivity contribution in [3.05, 3.63) is 36.5 Å². The predicted octanol–water partition coefficient (Wildman–Crippen LogP) is 7.86. The molecule has 7 N–H and O–H groups in total. The normalized spacial score (nSPS) is 22.2. The van der Waals surface area contributed by atoms with Gasteiger partial charge in [0, 0.05) is 0 Å². The standard InChI is InChI=1S/C45H83NO9/c1-3-5-7-9-11-13-15-17-19-20-22-23-25-27-29-31-33-38(48)37(36-54-45-43(52)42(51)41(50)40(35-47)55-45)46-44(53)39(49)34-32-30-28-26-24-21-18-16-14-12-10-8-6-4-2/h12,14,16,18,31,33,37-43,45,47-52H,3-11,13,15,17,19-30,32,34-36H2,1-2H3,(H,46,53)/b14-12-,18-16-,33-31+. The van der Waals surface area contributed by atoms with Gasteiger partial charge < -0.3 is 45.4 Å². The number of allylic oxidation sites excluding steroid dienone is 5. The van der Waals surface area contributed by atoms with Gasteiger partial charge in [-0.2, -0.15) is 0 Å². The van der Waals surface area contributed by atoms with Crippen LogP contribution in [0.25, 0.3) is 0 Å². The quantitative estimate of drug-likeness (QED) is 0.0190. The lowest BCUT2D eigenvalue weighted by atomic mass is 9.99. The molecule has 1 fully saturated rings. The smallest absolute Gasteiger partial charge is 0.249 e. The van der Waals surface area contributed by atoms with Crippen LogP contribution >= 0.6 is 0 Å². The van der Waals surface area contributed by atoms with E-state index in [-0.39, 0.29) is 6.61 Å². The molecule has 1 aliphatic heterocycles. The van der Waals surface area contributed by atoms with Gasteiger partial charge in [-0.25, -0.2) is 0 Å². The van der Waals surface area contributed by atoms with E-state index in [1.807, 2.05) is 6.08 Å². The van der Waals surface area contributed by atoms with Crippen LogP contribution in [0.4, 0.5) is 0 Å². The molecule has 0 bridgehead atoms. The van der Waals surface area contributed by atoms with E-state index in [9.17, 15) is 35.4 Å². The van der Waals surface area contributed by atoms with Crippen LogP contribution in [0, 0.1) is 0 Å². The van der Waals surface area contributed by atoms with Gasteiger partial charge in [-0.05, 0) is 44.9 Å². The molecule has 0 aliphatic carbocycles. The SMILES string of the molecule is CCCCC/C=C\C=C/CCCCCCCC(O)C(=O)NC(COC1OC(CO)C(O)C(O)C1O)C(O)/C=C/CCCCCCCCCCCCCCCC. The molecule has 1 amide bonds. The van der Waals surface area contributed by atoms with Crippen molar-refractivity contribution in [1.29, 1.82) is 0 Å². The van der Waals surface area contributed by atoms with Gasteiger partial charge in [0.15, 0.2) is 6.29 Å². The van der Waals surface area contributed by atoms with E-state index < -0.39 is 61.5 Å². The third-order valence-corrected chi connectivity index (χ3v) is 10.6. The molecule has 1 saturated heterocycles. The summed E-state index contributed by atoms with van der Waals surface area (Å²) in [7, 11) is 0. The van der Waals surface area contributed by atoms with Gasteiger partial charge in [-0.3, -0.25) is 4.79 Å². The monoisotopic (exact) mass is 782 g/mol. The minimum atomic E-state index is -1.61. The Balaban J connectivity index is 2.46. The summed E-state index contributed by atoms with van der Waals surface area (Å²) in [6.45, 7) is 3.55. The fourth-order valence-electron chi connectivity index (χ4n) is 6.86. The number of hydrogen-bond donors (Lipinski definition) is 7. The summed E-state index contributed by atoms with van der Waals surface area (Å²) in [6, 6.07) is -0.985. The number of ether oxygens (including phenoxy) is 2. The highest BCUT2D eigenvalue weighted by atomic mass is 16.7. The average Bonchev–Trinajstić information content (AvgIpc) is 3.18. The highest BCUT2D eigenvalue weighted by Gasteiger charge is 2.44. The topological polar surface area (TPSA) is 169 Å². The second-order valence-electron chi connectivity index (χ2n) is 15.7. The van der Waals surface area contributed by atoms with Gasteiger partial charge in [0.2, 0.25) is 5.91 Å². The maximum Gasteiger partial charge on any atom is 0.249 e. The maximum atomic E-state index is 13.0. The molecule has 1 rings (SSSR count). The first-order chi connectivity index (χ1) is 26.8. The summed E-state index contributed by atoms with van der Waals surface area (Å²) in [5.41, 5.74) is 0. The van der Waals surface area contributed by atoms with Crippen molar-refractivity contribution in [2.45, 2.75) is 230 Å². The van der Waals surface area contributed by atoms with Crippen molar-refractivity contribution in [1.82, 2.24) is 5.32 Å². The molecule has 0 aromatic rings. The minimum absolute atomic E-state index is 0.292. The molecule has 8 atom stereocenters. The molecule has 0 aromatic carbocycles. The van der Waals surface area contributed by atoms with E-state index in [0.717, 1.165) is 57.8 Å². The zero-order valence-electron chi connectivity index (χ0n) is 34.8. The Kier molecular flexibility index (Phi) is 33.2. The second-order valence-corrected chi connectivity index (χ2v) is 15.7. The maximum absolute atomic E-state index is 13.0. The van der Waals surface area contributed by atoms with Gasteiger partial charge >= 0.3 is 0 Å². The summed E-state index contributed by atoms with van der Waals surface area (Å²) < 4.78 is 11.1. The van der Waals surface area contributed by atoms with Crippen molar-refractivity contribution in [3.8, 4) is 0 Å².